The monoisotopic (exact) mass is 239 g/mol. The number of pyridine rings is 1. The Labute approximate surface area is 106 Å². The van der Waals surface area contributed by atoms with Gasteiger partial charge in [0.1, 0.15) is 0 Å². The molecule has 0 amide bonds. The summed E-state index contributed by atoms with van der Waals surface area (Å²) in [5.41, 5.74) is 3.31. The fraction of sp³-hybridized carbons (Fsp3) is 0.333. The molecule has 92 valence electrons. The number of aryl methyl sites for hydroxylation is 1. The van der Waals surface area contributed by atoms with Crippen LogP contribution in [0.25, 0.3) is 21.8 Å². The quantitative estimate of drug-likeness (QED) is 0.703. The van der Waals surface area contributed by atoms with Gasteiger partial charge in [0.25, 0.3) is 0 Å². The summed E-state index contributed by atoms with van der Waals surface area (Å²) < 4.78 is 0. The van der Waals surface area contributed by atoms with Gasteiger partial charge in [-0.1, -0.05) is 31.9 Å². The standard InChI is InChI=1S/C15H17N3/c1-2-3-4-5-12-8-6-11-7-9-14-13(10-16-18-14)15(11)17-12/h6-10H,2-5H2,1H3,(H,16,18). The van der Waals surface area contributed by atoms with Crippen molar-refractivity contribution in [3.8, 4) is 0 Å². The van der Waals surface area contributed by atoms with Crippen molar-refractivity contribution in [1.82, 2.24) is 15.2 Å². The molecular weight excluding hydrogens is 222 g/mol. The van der Waals surface area contributed by atoms with E-state index in [9.17, 15) is 0 Å². The van der Waals surface area contributed by atoms with Gasteiger partial charge in [-0.2, -0.15) is 5.10 Å². The Morgan fingerprint density at radius 3 is 2.89 bits per heavy atom. The molecule has 0 aliphatic heterocycles. The minimum Gasteiger partial charge on any atom is -0.278 e. The zero-order valence-electron chi connectivity index (χ0n) is 10.6. The van der Waals surface area contributed by atoms with E-state index in [0.29, 0.717) is 0 Å². The number of H-pyrrole nitrogens is 1. The van der Waals surface area contributed by atoms with Crippen molar-refractivity contribution in [2.45, 2.75) is 32.6 Å². The number of benzene rings is 1. The molecule has 0 aliphatic carbocycles. The molecule has 3 nitrogen and oxygen atoms in total. The second-order valence-corrected chi connectivity index (χ2v) is 4.73. The minimum atomic E-state index is 1.06. The lowest BCUT2D eigenvalue weighted by atomic mass is 10.1. The zero-order chi connectivity index (χ0) is 12.4. The summed E-state index contributed by atoms with van der Waals surface area (Å²) in [6.45, 7) is 2.23. The highest BCUT2D eigenvalue weighted by Gasteiger charge is 2.04. The van der Waals surface area contributed by atoms with Crippen LogP contribution in [0.5, 0.6) is 0 Å². The summed E-state index contributed by atoms with van der Waals surface area (Å²) in [5.74, 6) is 0. The summed E-state index contributed by atoms with van der Waals surface area (Å²) in [5, 5.41) is 9.38. The van der Waals surface area contributed by atoms with E-state index in [1.54, 1.807) is 0 Å². The molecule has 0 atom stereocenters. The van der Waals surface area contributed by atoms with Crippen LogP contribution in [-0.4, -0.2) is 15.2 Å². The van der Waals surface area contributed by atoms with Gasteiger partial charge in [-0.15, -0.1) is 0 Å². The topological polar surface area (TPSA) is 41.6 Å². The Hall–Kier alpha value is -1.90. The Morgan fingerprint density at radius 1 is 1.11 bits per heavy atom. The molecule has 1 aromatic carbocycles. The van der Waals surface area contributed by atoms with Crippen LogP contribution < -0.4 is 0 Å². The van der Waals surface area contributed by atoms with E-state index in [4.69, 9.17) is 4.98 Å². The number of fused-ring (bicyclic) bond motifs is 3. The van der Waals surface area contributed by atoms with Crippen LogP contribution in [0.1, 0.15) is 31.9 Å². The van der Waals surface area contributed by atoms with Crippen molar-refractivity contribution in [2.75, 3.05) is 0 Å². The lowest BCUT2D eigenvalue weighted by Gasteiger charge is -2.03. The number of hydrogen-bond acceptors (Lipinski definition) is 2. The fourth-order valence-corrected chi connectivity index (χ4v) is 2.34. The van der Waals surface area contributed by atoms with Gasteiger partial charge < -0.3 is 0 Å². The lowest BCUT2D eigenvalue weighted by molar-refractivity contribution is 0.709. The van der Waals surface area contributed by atoms with Gasteiger partial charge in [-0.3, -0.25) is 10.1 Å². The molecule has 3 rings (SSSR count). The summed E-state index contributed by atoms with van der Waals surface area (Å²) >= 11 is 0. The molecule has 2 heterocycles. The second-order valence-electron chi connectivity index (χ2n) is 4.73. The molecule has 0 spiro atoms. The average Bonchev–Trinajstić information content (AvgIpc) is 2.87. The predicted molar refractivity (Wildman–Crippen MR) is 74.6 cm³/mol. The highest BCUT2D eigenvalue weighted by molar-refractivity contribution is 6.03. The third-order valence-electron chi connectivity index (χ3n) is 3.37. The molecule has 3 heteroatoms. The molecule has 0 fully saturated rings. The van der Waals surface area contributed by atoms with Crippen LogP contribution in [0.15, 0.2) is 30.5 Å². The molecule has 2 aromatic heterocycles. The Morgan fingerprint density at radius 2 is 2.00 bits per heavy atom. The highest BCUT2D eigenvalue weighted by atomic mass is 15.1. The molecule has 0 saturated carbocycles. The maximum absolute atomic E-state index is 4.79. The van der Waals surface area contributed by atoms with Gasteiger partial charge in [0.15, 0.2) is 0 Å². The molecule has 18 heavy (non-hydrogen) atoms. The van der Waals surface area contributed by atoms with E-state index in [-0.39, 0.29) is 0 Å². The number of hydrogen-bond donors (Lipinski definition) is 1. The van der Waals surface area contributed by atoms with Crippen LogP contribution in [0.3, 0.4) is 0 Å². The van der Waals surface area contributed by atoms with Crippen molar-refractivity contribution in [2.24, 2.45) is 0 Å². The third kappa shape index (κ3) is 1.96. The maximum atomic E-state index is 4.79. The zero-order valence-corrected chi connectivity index (χ0v) is 10.6. The highest BCUT2D eigenvalue weighted by Crippen LogP contribution is 2.22. The average molecular weight is 239 g/mol. The molecule has 0 radical (unpaired) electrons. The van der Waals surface area contributed by atoms with Crippen molar-refractivity contribution < 1.29 is 0 Å². The molecule has 0 saturated heterocycles. The first kappa shape index (κ1) is 11.2. The van der Waals surface area contributed by atoms with E-state index in [0.717, 1.165) is 22.8 Å². The Balaban J connectivity index is 2.03. The van der Waals surface area contributed by atoms with Crippen molar-refractivity contribution >= 4 is 21.8 Å². The van der Waals surface area contributed by atoms with E-state index >= 15 is 0 Å². The van der Waals surface area contributed by atoms with Crippen LogP contribution in [0, 0.1) is 0 Å². The third-order valence-corrected chi connectivity index (χ3v) is 3.37. The number of nitrogens with zero attached hydrogens (tertiary/aromatic N) is 2. The SMILES string of the molecule is CCCCCc1ccc2ccc3[nH]ncc3c2n1. The fourth-order valence-electron chi connectivity index (χ4n) is 2.34. The van der Waals surface area contributed by atoms with E-state index in [1.165, 1.54) is 30.3 Å². The number of aromatic amines is 1. The molecule has 0 unspecified atom stereocenters. The lowest BCUT2D eigenvalue weighted by Crippen LogP contribution is -1.91. The largest absolute Gasteiger partial charge is 0.278 e. The molecule has 1 N–H and O–H groups in total. The molecule has 3 aromatic rings. The van der Waals surface area contributed by atoms with Crippen LogP contribution in [0.4, 0.5) is 0 Å². The summed E-state index contributed by atoms with van der Waals surface area (Å²) in [6.07, 6.45) is 6.67. The van der Waals surface area contributed by atoms with Gasteiger partial charge in [0.2, 0.25) is 0 Å². The van der Waals surface area contributed by atoms with Crippen LogP contribution >= 0.6 is 0 Å². The summed E-state index contributed by atoms with van der Waals surface area (Å²) in [6, 6.07) is 8.46. The first-order valence-corrected chi connectivity index (χ1v) is 6.60. The Kier molecular flexibility index (Phi) is 2.97. The van der Waals surface area contributed by atoms with Crippen LogP contribution in [-0.2, 0) is 6.42 Å². The summed E-state index contributed by atoms with van der Waals surface area (Å²) in [7, 11) is 0. The first-order valence-electron chi connectivity index (χ1n) is 6.60. The van der Waals surface area contributed by atoms with Gasteiger partial charge >= 0.3 is 0 Å². The number of aromatic nitrogens is 3. The maximum Gasteiger partial charge on any atom is 0.0815 e. The van der Waals surface area contributed by atoms with E-state index in [1.807, 2.05) is 6.20 Å². The van der Waals surface area contributed by atoms with Gasteiger partial charge in [-0.25, -0.2) is 0 Å². The van der Waals surface area contributed by atoms with Gasteiger partial charge in [0.05, 0.1) is 17.2 Å². The Bertz CT molecular complexity index is 670. The van der Waals surface area contributed by atoms with Gasteiger partial charge in [-0.05, 0) is 25.0 Å². The number of rotatable bonds is 4. The molecule has 0 bridgehead atoms. The first-order chi connectivity index (χ1) is 8.88. The summed E-state index contributed by atoms with van der Waals surface area (Å²) in [4.78, 5) is 4.79. The van der Waals surface area contributed by atoms with Gasteiger partial charge in [0, 0.05) is 16.5 Å². The predicted octanol–water partition coefficient (Wildman–Crippen LogP) is 3.84. The smallest absolute Gasteiger partial charge is 0.0815 e. The number of nitrogens with one attached hydrogen (secondary N) is 1. The molecule has 0 aliphatic rings. The number of unbranched alkanes of at least 4 members (excludes halogenated alkanes) is 2. The van der Waals surface area contributed by atoms with Crippen molar-refractivity contribution in [3.05, 3.63) is 36.2 Å². The van der Waals surface area contributed by atoms with Crippen molar-refractivity contribution in [1.29, 1.82) is 0 Å². The van der Waals surface area contributed by atoms with Crippen LogP contribution in [0.2, 0.25) is 0 Å². The van der Waals surface area contributed by atoms with E-state index < -0.39 is 0 Å². The normalized spacial score (nSPS) is 11.4. The second kappa shape index (κ2) is 4.77. The molecular formula is C15H17N3. The minimum absolute atomic E-state index is 1.06. The van der Waals surface area contributed by atoms with Crippen molar-refractivity contribution in [3.63, 3.8) is 0 Å². The van der Waals surface area contributed by atoms with E-state index in [2.05, 4.69) is 41.4 Å².